The van der Waals surface area contributed by atoms with Gasteiger partial charge in [-0.25, -0.2) is 4.79 Å². The Kier molecular flexibility index (Phi) is 3.96. The van der Waals surface area contributed by atoms with E-state index in [2.05, 4.69) is 5.32 Å². The first kappa shape index (κ1) is 12.7. The maximum atomic E-state index is 11.1. The average Bonchev–Trinajstić information content (AvgIpc) is 2.82. The highest BCUT2D eigenvalue weighted by atomic mass is 32.2. The second-order valence-corrected chi connectivity index (χ2v) is 5.63. The van der Waals surface area contributed by atoms with Crippen LogP contribution in [0.3, 0.4) is 0 Å². The Morgan fingerprint density at radius 3 is 3.00 bits per heavy atom. The third-order valence-corrected chi connectivity index (χ3v) is 4.13. The molecular formula is C11H17NO4S. The van der Waals surface area contributed by atoms with Gasteiger partial charge in [0.05, 0.1) is 17.6 Å². The number of aliphatic hydroxyl groups is 1. The number of hydrogen-bond donors (Lipinski definition) is 3. The van der Waals surface area contributed by atoms with Gasteiger partial charge < -0.3 is 20.3 Å². The predicted molar refractivity (Wildman–Crippen MR) is 64.4 cm³/mol. The van der Waals surface area contributed by atoms with Gasteiger partial charge in [-0.05, 0) is 19.8 Å². The number of aliphatic hydroxyl groups excluding tert-OH is 1. The van der Waals surface area contributed by atoms with Gasteiger partial charge in [0.25, 0.3) is 0 Å². The molecule has 0 aromatic heterocycles. The molecule has 1 unspecified atom stereocenters. The van der Waals surface area contributed by atoms with Gasteiger partial charge in [-0.15, -0.1) is 11.8 Å². The van der Waals surface area contributed by atoms with Gasteiger partial charge >= 0.3 is 5.97 Å². The molecule has 5 nitrogen and oxygen atoms in total. The fourth-order valence-corrected chi connectivity index (χ4v) is 3.54. The largest absolute Gasteiger partial charge is 0.477 e. The quantitative estimate of drug-likeness (QED) is 0.696. The number of carboxylic acids is 1. The van der Waals surface area contributed by atoms with Crippen LogP contribution in [0, 0.1) is 0 Å². The fourth-order valence-electron chi connectivity index (χ4n) is 2.08. The fraction of sp³-hybridized carbons (Fsp3) is 0.727. The summed E-state index contributed by atoms with van der Waals surface area (Å²) in [5.41, 5.74) is 0.243. The third kappa shape index (κ3) is 2.94. The van der Waals surface area contributed by atoms with Gasteiger partial charge in [-0.3, -0.25) is 0 Å². The van der Waals surface area contributed by atoms with Crippen molar-refractivity contribution >= 4 is 17.7 Å². The molecule has 0 bridgehead atoms. The molecule has 17 heavy (non-hydrogen) atoms. The van der Waals surface area contributed by atoms with Crippen molar-refractivity contribution in [3.05, 3.63) is 10.6 Å². The molecule has 0 aromatic rings. The molecule has 1 saturated heterocycles. The average molecular weight is 259 g/mol. The van der Waals surface area contributed by atoms with Gasteiger partial charge in [0, 0.05) is 17.9 Å². The van der Waals surface area contributed by atoms with Crippen molar-refractivity contribution in [1.29, 1.82) is 0 Å². The second-order valence-electron chi connectivity index (χ2n) is 4.38. The van der Waals surface area contributed by atoms with Crippen molar-refractivity contribution in [1.82, 2.24) is 5.32 Å². The zero-order chi connectivity index (χ0) is 12.4. The minimum absolute atomic E-state index is 0.0692. The molecule has 0 amide bonds. The summed E-state index contributed by atoms with van der Waals surface area (Å²) in [6.45, 7) is 2.40. The van der Waals surface area contributed by atoms with Crippen LogP contribution in [0.1, 0.15) is 26.2 Å². The van der Waals surface area contributed by atoms with Crippen molar-refractivity contribution in [2.45, 2.75) is 43.8 Å². The lowest BCUT2D eigenvalue weighted by Crippen LogP contribution is -2.27. The van der Waals surface area contributed by atoms with Crippen LogP contribution in [-0.2, 0) is 9.53 Å². The van der Waals surface area contributed by atoms with E-state index in [1.54, 1.807) is 6.92 Å². The topological polar surface area (TPSA) is 78.8 Å². The Labute approximate surface area is 104 Å². The van der Waals surface area contributed by atoms with Gasteiger partial charge in [-0.2, -0.15) is 0 Å². The molecular weight excluding hydrogens is 242 g/mol. The van der Waals surface area contributed by atoms with Gasteiger partial charge in [0.2, 0.25) is 0 Å². The number of hydrogen-bond acceptors (Lipinski definition) is 5. The van der Waals surface area contributed by atoms with Crippen LogP contribution in [0.5, 0.6) is 0 Å². The lowest BCUT2D eigenvalue weighted by atomic mass is 10.2. The van der Waals surface area contributed by atoms with E-state index >= 15 is 0 Å². The van der Waals surface area contributed by atoms with E-state index in [4.69, 9.17) is 9.84 Å². The van der Waals surface area contributed by atoms with Crippen LogP contribution in [0.4, 0.5) is 0 Å². The zero-order valence-electron chi connectivity index (χ0n) is 9.68. The van der Waals surface area contributed by atoms with E-state index in [0.717, 1.165) is 17.7 Å². The summed E-state index contributed by atoms with van der Waals surface area (Å²) in [6.07, 6.45) is 1.85. The number of ether oxygens (including phenoxy) is 1. The Balaban J connectivity index is 2.08. The molecule has 0 aromatic carbocycles. The Morgan fingerprint density at radius 2 is 2.47 bits per heavy atom. The van der Waals surface area contributed by atoms with E-state index < -0.39 is 12.1 Å². The molecule has 6 heteroatoms. The molecule has 96 valence electrons. The summed E-state index contributed by atoms with van der Waals surface area (Å²) in [7, 11) is 0. The van der Waals surface area contributed by atoms with Gasteiger partial charge in [-0.1, -0.05) is 0 Å². The standard InChI is InChI=1S/C11H17NO4S/c1-6(13)5-8-12-9(11(14)15)10(17-8)7-3-2-4-16-7/h6-8,12-13H,2-5H2,1H3,(H,14,15)/t6-,7-,8?/m1/s1. The highest BCUT2D eigenvalue weighted by molar-refractivity contribution is 8.04. The maximum Gasteiger partial charge on any atom is 0.352 e. The van der Waals surface area contributed by atoms with E-state index in [1.165, 1.54) is 11.8 Å². The van der Waals surface area contributed by atoms with Crippen LogP contribution in [0.2, 0.25) is 0 Å². The first-order chi connectivity index (χ1) is 8.08. The molecule has 0 saturated carbocycles. The highest BCUT2D eigenvalue weighted by Crippen LogP contribution is 2.39. The van der Waals surface area contributed by atoms with E-state index in [-0.39, 0.29) is 17.2 Å². The van der Waals surface area contributed by atoms with Crippen LogP contribution in [0.15, 0.2) is 10.6 Å². The van der Waals surface area contributed by atoms with E-state index in [0.29, 0.717) is 13.0 Å². The van der Waals surface area contributed by atoms with Gasteiger partial charge in [0.1, 0.15) is 5.70 Å². The number of rotatable bonds is 4. The van der Waals surface area contributed by atoms with Crippen LogP contribution in [-0.4, -0.2) is 40.4 Å². The smallest absolute Gasteiger partial charge is 0.352 e. The zero-order valence-corrected chi connectivity index (χ0v) is 10.5. The van der Waals surface area contributed by atoms with E-state index in [9.17, 15) is 9.90 Å². The maximum absolute atomic E-state index is 11.1. The van der Waals surface area contributed by atoms with Crippen molar-refractivity contribution < 1.29 is 19.7 Å². The third-order valence-electron chi connectivity index (χ3n) is 2.81. The van der Waals surface area contributed by atoms with Crippen LogP contribution < -0.4 is 5.32 Å². The first-order valence-corrected chi connectivity index (χ1v) is 6.66. The second kappa shape index (κ2) is 5.29. The van der Waals surface area contributed by atoms with Crippen molar-refractivity contribution in [2.75, 3.05) is 6.61 Å². The van der Waals surface area contributed by atoms with Crippen molar-refractivity contribution in [2.24, 2.45) is 0 Å². The number of aliphatic carboxylic acids is 1. The van der Waals surface area contributed by atoms with E-state index in [1.807, 2.05) is 0 Å². The lowest BCUT2D eigenvalue weighted by molar-refractivity contribution is -0.133. The van der Waals surface area contributed by atoms with Crippen LogP contribution >= 0.6 is 11.8 Å². The highest BCUT2D eigenvalue weighted by Gasteiger charge is 2.35. The molecule has 1 fully saturated rings. The Morgan fingerprint density at radius 1 is 1.71 bits per heavy atom. The Hall–Kier alpha value is -0.720. The molecule has 2 heterocycles. The first-order valence-electron chi connectivity index (χ1n) is 5.78. The molecule has 2 aliphatic rings. The molecule has 0 radical (unpaired) electrons. The lowest BCUT2D eigenvalue weighted by Gasteiger charge is -2.14. The van der Waals surface area contributed by atoms with Gasteiger partial charge in [0.15, 0.2) is 0 Å². The SMILES string of the molecule is C[C@@H](O)CC1NC(C(=O)O)=C([C@H]2CCCO2)S1. The molecule has 2 aliphatic heterocycles. The minimum atomic E-state index is -0.948. The normalized spacial score (nSPS) is 30.5. The van der Waals surface area contributed by atoms with Crippen molar-refractivity contribution in [3.8, 4) is 0 Å². The Bertz CT molecular complexity index is 336. The number of carboxylic acid groups (broad SMARTS) is 1. The van der Waals surface area contributed by atoms with Crippen molar-refractivity contribution in [3.63, 3.8) is 0 Å². The molecule has 3 atom stereocenters. The number of nitrogens with one attached hydrogen (secondary N) is 1. The predicted octanol–water partition coefficient (Wildman–Crippen LogP) is 0.895. The summed E-state index contributed by atoms with van der Waals surface area (Å²) in [4.78, 5) is 11.9. The number of thioether (sulfide) groups is 1. The molecule has 3 N–H and O–H groups in total. The molecule has 2 rings (SSSR count). The number of carbonyl (C=O) groups is 1. The minimum Gasteiger partial charge on any atom is -0.477 e. The summed E-state index contributed by atoms with van der Waals surface area (Å²) in [6, 6.07) is 0. The summed E-state index contributed by atoms with van der Waals surface area (Å²) in [5.74, 6) is -0.948. The van der Waals surface area contributed by atoms with Crippen LogP contribution in [0.25, 0.3) is 0 Å². The summed E-state index contributed by atoms with van der Waals surface area (Å²) >= 11 is 1.48. The molecule has 0 aliphatic carbocycles. The summed E-state index contributed by atoms with van der Waals surface area (Å²) < 4.78 is 5.53. The monoisotopic (exact) mass is 259 g/mol. The summed E-state index contributed by atoms with van der Waals surface area (Å²) in [5, 5.41) is 21.4. The molecule has 0 spiro atoms.